The number of amides is 1. The standard InChI is InChI=1S/C16H30N2O4/c1-5-21-14(19)9-10-17-12-13-8-6-7-11-18(13)15(20)22-16(2,3)4/h13,17H,5-12H2,1-4H3. The van der Waals surface area contributed by atoms with Crippen molar-refractivity contribution in [3.05, 3.63) is 0 Å². The van der Waals surface area contributed by atoms with Crippen molar-refractivity contribution in [3.63, 3.8) is 0 Å². The Morgan fingerprint density at radius 1 is 1.27 bits per heavy atom. The molecule has 1 atom stereocenters. The maximum atomic E-state index is 12.3. The molecule has 1 aliphatic heterocycles. The van der Waals surface area contributed by atoms with Crippen molar-refractivity contribution in [3.8, 4) is 0 Å². The van der Waals surface area contributed by atoms with Gasteiger partial charge in [0.05, 0.1) is 13.0 Å². The van der Waals surface area contributed by atoms with Crippen LogP contribution in [0.25, 0.3) is 0 Å². The summed E-state index contributed by atoms with van der Waals surface area (Å²) in [6.45, 7) is 9.82. The quantitative estimate of drug-likeness (QED) is 0.602. The highest BCUT2D eigenvalue weighted by Gasteiger charge is 2.30. The molecule has 128 valence electrons. The van der Waals surface area contributed by atoms with E-state index < -0.39 is 5.60 Å². The summed E-state index contributed by atoms with van der Waals surface area (Å²) in [5, 5.41) is 3.24. The third-order valence-electron chi connectivity index (χ3n) is 3.45. The Labute approximate surface area is 133 Å². The first-order chi connectivity index (χ1) is 10.3. The van der Waals surface area contributed by atoms with Crippen LogP contribution < -0.4 is 5.32 Å². The van der Waals surface area contributed by atoms with Crippen LogP contribution >= 0.6 is 0 Å². The molecule has 0 aromatic carbocycles. The first-order valence-electron chi connectivity index (χ1n) is 8.19. The Balaban J connectivity index is 2.38. The fourth-order valence-electron chi connectivity index (χ4n) is 2.47. The average molecular weight is 314 g/mol. The SMILES string of the molecule is CCOC(=O)CCNCC1CCCCN1C(=O)OC(C)(C)C. The smallest absolute Gasteiger partial charge is 0.410 e. The number of nitrogens with one attached hydrogen (secondary N) is 1. The molecule has 1 heterocycles. The molecule has 1 aliphatic rings. The summed E-state index contributed by atoms with van der Waals surface area (Å²) in [5.74, 6) is -0.192. The van der Waals surface area contributed by atoms with Crippen molar-refractivity contribution in [2.75, 3.05) is 26.2 Å². The maximum Gasteiger partial charge on any atom is 0.410 e. The first-order valence-corrected chi connectivity index (χ1v) is 8.19. The highest BCUT2D eigenvalue weighted by molar-refractivity contribution is 5.69. The molecule has 0 radical (unpaired) electrons. The highest BCUT2D eigenvalue weighted by Crippen LogP contribution is 2.20. The third kappa shape index (κ3) is 7.11. The first kappa shape index (κ1) is 18.7. The Bertz CT molecular complexity index is 366. The van der Waals surface area contributed by atoms with Crippen LogP contribution in [0.4, 0.5) is 4.79 Å². The Hall–Kier alpha value is -1.30. The summed E-state index contributed by atoms with van der Waals surface area (Å²) in [6, 6.07) is 0.130. The van der Waals surface area contributed by atoms with Gasteiger partial charge in [0, 0.05) is 25.7 Å². The molecule has 1 rings (SSSR count). The molecule has 1 saturated heterocycles. The second-order valence-corrected chi connectivity index (χ2v) is 6.58. The fraction of sp³-hybridized carbons (Fsp3) is 0.875. The van der Waals surface area contributed by atoms with Crippen LogP contribution in [-0.2, 0) is 14.3 Å². The summed E-state index contributed by atoms with van der Waals surface area (Å²) in [4.78, 5) is 25.3. The van der Waals surface area contributed by atoms with Crippen LogP contribution in [0.5, 0.6) is 0 Å². The van der Waals surface area contributed by atoms with Crippen molar-refractivity contribution in [1.29, 1.82) is 0 Å². The predicted molar refractivity (Wildman–Crippen MR) is 84.7 cm³/mol. The number of nitrogens with zero attached hydrogens (tertiary/aromatic N) is 1. The molecule has 0 spiro atoms. The van der Waals surface area contributed by atoms with E-state index >= 15 is 0 Å². The van der Waals surface area contributed by atoms with Gasteiger partial charge in [-0.25, -0.2) is 4.79 Å². The highest BCUT2D eigenvalue weighted by atomic mass is 16.6. The van der Waals surface area contributed by atoms with E-state index in [4.69, 9.17) is 9.47 Å². The molecule has 0 aliphatic carbocycles. The zero-order valence-electron chi connectivity index (χ0n) is 14.3. The van der Waals surface area contributed by atoms with Crippen molar-refractivity contribution in [2.45, 2.75) is 65.0 Å². The lowest BCUT2D eigenvalue weighted by atomic mass is 10.0. The van der Waals surface area contributed by atoms with Gasteiger partial charge in [-0.05, 0) is 47.0 Å². The lowest BCUT2D eigenvalue weighted by Gasteiger charge is -2.36. The minimum atomic E-state index is -0.476. The predicted octanol–water partition coefficient (Wildman–Crippen LogP) is 2.32. The molecule has 0 aromatic heterocycles. The van der Waals surface area contributed by atoms with Crippen molar-refractivity contribution in [2.24, 2.45) is 0 Å². The van der Waals surface area contributed by atoms with Crippen LogP contribution in [0.15, 0.2) is 0 Å². The van der Waals surface area contributed by atoms with Gasteiger partial charge in [-0.3, -0.25) is 4.79 Å². The number of hydrogen-bond acceptors (Lipinski definition) is 5. The molecule has 1 unspecified atom stereocenters. The van der Waals surface area contributed by atoms with E-state index in [1.807, 2.05) is 25.7 Å². The molecule has 6 nitrogen and oxygen atoms in total. The van der Waals surface area contributed by atoms with E-state index in [1.54, 1.807) is 6.92 Å². The number of esters is 1. The second kappa shape index (κ2) is 8.98. The minimum absolute atomic E-state index is 0.130. The number of carbonyl (C=O) groups excluding carboxylic acids is 2. The summed E-state index contributed by atoms with van der Waals surface area (Å²) in [7, 11) is 0. The second-order valence-electron chi connectivity index (χ2n) is 6.58. The van der Waals surface area contributed by atoms with Gasteiger partial charge in [0.15, 0.2) is 0 Å². The molecule has 0 saturated carbocycles. The van der Waals surface area contributed by atoms with Crippen LogP contribution in [0, 0.1) is 0 Å². The number of likely N-dealkylation sites (tertiary alicyclic amines) is 1. The normalized spacial score (nSPS) is 18.9. The Kier molecular flexibility index (Phi) is 7.65. The van der Waals surface area contributed by atoms with Crippen LogP contribution in [-0.4, -0.2) is 54.8 Å². The van der Waals surface area contributed by atoms with Crippen molar-refractivity contribution >= 4 is 12.1 Å². The molecule has 0 bridgehead atoms. The van der Waals surface area contributed by atoms with Crippen LogP contribution in [0.1, 0.15) is 53.4 Å². The van der Waals surface area contributed by atoms with E-state index in [0.717, 1.165) is 25.8 Å². The van der Waals surface area contributed by atoms with E-state index in [1.165, 1.54) is 0 Å². The summed E-state index contributed by atoms with van der Waals surface area (Å²) < 4.78 is 10.4. The number of carbonyl (C=O) groups is 2. The van der Waals surface area contributed by atoms with Gasteiger partial charge in [-0.15, -0.1) is 0 Å². The van der Waals surface area contributed by atoms with Gasteiger partial charge in [0.2, 0.25) is 0 Å². The molecule has 1 amide bonds. The zero-order valence-corrected chi connectivity index (χ0v) is 14.3. The average Bonchev–Trinajstić information content (AvgIpc) is 2.42. The Morgan fingerprint density at radius 2 is 2.00 bits per heavy atom. The summed E-state index contributed by atoms with van der Waals surface area (Å²) >= 11 is 0. The van der Waals surface area contributed by atoms with Crippen molar-refractivity contribution in [1.82, 2.24) is 10.2 Å². The largest absolute Gasteiger partial charge is 0.466 e. The minimum Gasteiger partial charge on any atom is -0.466 e. The number of hydrogen-bond donors (Lipinski definition) is 1. The number of rotatable bonds is 6. The number of piperidine rings is 1. The van der Waals surface area contributed by atoms with Gasteiger partial charge < -0.3 is 19.7 Å². The molecule has 6 heteroatoms. The fourth-order valence-corrected chi connectivity index (χ4v) is 2.47. The number of ether oxygens (including phenoxy) is 2. The lowest BCUT2D eigenvalue weighted by Crippen LogP contribution is -2.50. The molecular weight excluding hydrogens is 284 g/mol. The summed E-state index contributed by atoms with van der Waals surface area (Å²) in [5.41, 5.74) is -0.476. The molecule has 22 heavy (non-hydrogen) atoms. The van der Waals surface area contributed by atoms with Crippen molar-refractivity contribution < 1.29 is 19.1 Å². The van der Waals surface area contributed by atoms with Gasteiger partial charge in [-0.2, -0.15) is 0 Å². The van der Waals surface area contributed by atoms with Gasteiger partial charge >= 0.3 is 12.1 Å². The van der Waals surface area contributed by atoms with Gasteiger partial charge in [0.25, 0.3) is 0 Å². The van der Waals surface area contributed by atoms with Crippen LogP contribution in [0.2, 0.25) is 0 Å². The monoisotopic (exact) mass is 314 g/mol. The lowest BCUT2D eigenvalue weighted by molar-refractivity contribution is -0.143. The molecule has 1 N–H and O–H groups in total. The van der Waals surface area contributed by atoms with E-state index in [2.05, 4.69) is 5.32 Å². The van der Waals surface area contributed by atoms with Crippen LogP contribution in [0.3, 0.4) is 0 Å². The van der Waals surface area contributed by atoms with E-state index in [9.17, 15) is 9.59 Å². The molecular formula is C16H30N2O4. The van der Waals surface area contributed by atoms with E-state index in [-0.39, 0.29) is 18.1 Å². The maximum absolute atomic E-state index is 12.3. The van der Waals surface area contributed by atoms with E-state index in [0.29, 0.717) is 26.1 Å². The summed E-state index contributed by atoms with van der Waals surface area (Å²) in [6.07, 6.45) is 3.20. The van der Waals surface area contributed by atoms with Gasteiger partial charge in [-0.1, -0.05) is 0 Å². The zero-order chi connectivity index (χ0) is 16.6. The molecule has 0 aromatic rings. The van der Waals surface area contributed by atoms with Gasteiger partial charge in [0.1, 0.15) is 5.60 Å². The Morgan fingerprint density at radius 3 is 2.64 bits per heavy atom. The topological polar surface area (TPSA) is 67.9 Å². The molecule has 1 fully saturated rings. The third-order valence-corrected chi connectivity index (χ3v) is 3.45.